The first-order chi connectivity index (χ1) is 14.6. The van der Waals surface area contributed by atoms with Crippen molar-refractivity contribution in [3.63, 3.8) is 0 Å². The third-order valence-corrected chi connectivity index (χ3v) is 5.17. The van der Waals surface area contributed by atoms with Gasteiger partial charge in [-0.2, -0.15) is 0 Å². The lowest BCUT2D eigenvalue weighted by Gasteiger charge is -2.20. The van der Waals surface area contributed by atoms with Crippen LogP contribution < -0.4 is 10.6 Å². The molecule has 1 heterocycles. The molecule has 8 heteroatoms. The Morgan fingerprint density at radius 1 is 1.16 bits per heavy atom. The summed E-state index contributed by atoms with van der Waals surface area (Å²) in [6.07, 6.45) is 0.917. The van der Waals surface area contributed by atoms with Gasteiger partial charge in [-0.15, -0.1) is 34.2 Å². The molecule has 0 bridgehead atoms. The highest BCUT2D eigenvalue weighted by atomic mass is 127. The molecule has 0 saturated carbocycles. The molecular weight excluding hydrogens is 503 g/mol. The molecule has 0 fully saturated rings. The number of aliphatic imine (C=N–C) groups is 1. The van der Waals surface area contributed by atoms with Gasteiger partial charge in [0.2, 0.25) is 0 Å². The molecule has 1 unspecified atom stereocenters. The van der Waals surface area contributed by atoms with Crippen LogP contribution >= 0.6 is 24.0 Å². The molecule has 0 aliphatic heterocycles. The molecule has 3 aromatic rings. The zero-order valence-corrected chi connectivity index (χ0v) is 21.1. The number of fused-ring (bicyclic) bond motifs is 1. The van der Waals surface area contributed by atoms with Crippen molar-refractivity contribution in [2.75, 3.05) is 19.8 Å². The van der Waals surface area contributed by atoms with E-state index in [1.165, 1.54) is 16.3 Å². The van der Waals surface area contributed by atoms with Crippen molar-refractivity contribution in [2.24, 2.45) is 12.0 Å². The molecule has 0 amide bonds. The van der Waals surface area contributed by atoms with Gasteiger partial charge in [-0.1, -0.05) is 42.5 Å². The summed E-state index contributed by atoms with van der Waals surface area (Å²) in [7, 11) is 1.96. The first-order valence-electron chi connectivity index (χ1n) is 10.5. The maximum atomic E-state index is 5.44. The van der Waals surface area contributed by atoms with Gasteiger partial charge in [-0.3, -0.25) is 0 Å². The van der Waals surface area contributed by atoms with E-state index in [0.717, 1.165) is 43.8 Å². The minimum Gasteiger partial charge on any atom is -0.382 e. The topological polar surface area (TPSA) is 76.4 Å². The van der Waals surface area contributed by atoms with E-state index in [9.17, 15) is 0 Å². The van der Waals surface area contributed by atoms with Gasteiger partial charge in [-0.05, 0) is 43.5 Å². The molecule has 0 spiro atoms. The standard InChI is InChI=1S/C23H32N6O.HI/c1-5-30-15-9-14-24-23(25-16-22-28-27-18(3)29(22)4)26-17(2)20-13-8-11-19-10-6-7-12-21(19)20;/h6-8,10-13,17H,5,9,14-16H2,1-4H3,(H2,24,25,26);1H. The van der Waals surface area contributed by atoms with Crippen LogP contribution in [0.5, 0.6) is 0 Å². The average molecular weight is 536 g/mol. The number of nitrogens with one attached hydrogen (secondary N) is 2. The molecular formula is C23H33IN6O. The molecule has 3 rings (SSSR count). The zero-order valence-electron chi connectivity index (χ0n) is 18.8. The molecule has 7 nitrogen and oxygen atoms in total. The summed E-state index contributed by atoms with van der Waals surface area (Å²) in [6.45, 7) is 8.82. The van der Waals surface area contributed by atoms with Gasteiger partial charge >= 0.3 is 0 Å². The largest absolute Gasteiger partial charge is 0.382 e. The van der Waals surface area contributed by atoms with E-state index in [1.807, 2.05) is 25.5 Å². The lowest BCUT2D eigenvalue weighted by atomic mass is 10.00. The highest BCUT2D eigenvalue weighted by Crippen LogP contribution is 2.23. The molecule has 0 aliphatic carbocycles. The number of aromatic nitrogens is 3. The van der Waals surface area contributed by atoms with Crippen LogP contribution in [0.1, 0.15) is 43.5 Å². The summed E-state index contributed by atoms with van der Waals surface area (Å²) in [5.74, 6) is 2.47. The first kappa shape index (κ1) is 25.1. The van der Waals surface area contributed by atoms with Crippen LogP contribution in [0.2, 0.25) is 0 Å². The van der Waals surface area contributed by atoms with Crippen LogP contribution in [0.25, 0.3) is 10.8 Å². The zero-order chi connectivity index (χ0) is 21.3. The second-order valence-electron chi connectivity index (χ2n) is 7.30. The maximum absolute atomic E-state index is 5.44. The minimum atomic E-state index is 0. The van der Waals surface area contributed by atoms with E-state index in [1.54, 1.807) is 0 Å². The fourth-order valence-electron chi connectivity index (χ4n) is 3.33. The lowest BCUT2D eigenvalue weighted by molar-refractivity contribution is 0.145. The molecule has 168 valence electrons. The van der Waals surface area contributed by atoms with Gasteiger partial charge in [0.25, 0.3) is 0 Å². The Labute approximate surface area is 201 Å². The fraction of sp³-hybridized carbons (Fsp3) is 0.435. The summed E-state index contributed by atoms with van der Waals surface area (Å²) < 4.78 is 7.40. The van der Waals surface area contributed by atoms with E-state index in [4.69, 9.17) is 9.73 Å². The minimum absolute atomic E-state index is 0. The van der Waals surface area contributed by atoms with Gasteiger partial charge < -0.3 is 19.9 Å². The Balaban J connectivity index is 0.00000341. The van der Waals surface area contributed by atoms with Gasteiger partial charge in [0, 0.05) is 26.8 Å². The predicted molar refractivity (Wildman–Crippen MR) is 137 cm³/mol. The second-order valence-corrected chi connectivity index (χ2v) is 7.30. The molecule has 0 aliphatic rings. The Morgan fingerprint density at radius 3 is 2.68 bits per heavy atom. The summed E-state index contributed by atoms with van der Waals surface area (Å²) in [6, 6.07) is 15.0. The Hall–Kier alpha value is -2.20. The fourth-order valence-corrected chi connectivity index (χ4v) is 3.33. The number of hydrogen-bond acceptors (Lipinski definition) is 4. The molecule has 1 aromatic heterocycles. The SMILES string of the molecule is CCOCCCNC(=NCc1nnc(C)n1C)NC(C)c1cccc2ccccc12.I. The molecule has 31 heavy (non-hydrogen) atoms. The summed E-state index contributed by atoms with van der Waals surface area (Å²) in [5.41, 5.74) is 1.24. The summed E-state index contributed by atoms with van der Waals surface area (Å²) >= 11 is 0. The Bertz CT molecular complexity index is 982. The van der Waals surface area contributed by atoms with Crippen molar-refractivity contribution in [1.82, 2.24) is 25.4 Å². The quantitative estimate of drug-likeness (QED) is 0.186. The average Bonchev–Trinajstić information content (AvgIpc) is 3.08. The molecule has 0 radical (unpaired) electrons. The smallest absolute Gasteiger partial charge is 0.192 e. The number of nitrogens with zero attached hydrogens (tertiary/aromatic N) is 4. The van der Waals surface area contributed by atoms with Crippen molar-refractivity contribution in [3.05, 3.63) is 59.7 Å². The van der Waals surface area contributed by atoms with E-state index in [2.05, 4.69) is 70.2 Å². The van der Waals surface area contributed by atoms with E-state index in [0.29, 0.717) is 6.54 Å². The highest BCUT2D eigenvalue weighted by Gasteiger charge is 2.12. The van der Waals surface area contributed by atoms with E-state index < -0.39 is 0 Å². The number of rotatable bonds is 9. The molecule has 0 saturated heterocycles. The highest BCUT2D eigenvalue weighted by molar-refractivity contribution is 14.0. The van der Waals surface area contributed by atoms with Crippen molar-refractivity contribution in [3.8, 4) is 0 Å². The van der Waals surface area contributed by atoms with Gasteiger partial charge in [-0.25, -0.2) is 4.99 Å². The van der Waals surface area contributed by atoms with Crippen LogP contribution in [0.3, 0.4) is 0 Å². The van der Waals surface area contributed by atoms with Crippen LogP contribution in [0, 0.1) is 6.92 Å². The van der Waals surface area contributed by atoms with Crippen LogP contribution in [-0.4, -0.2) is 40.5 Å². The Morgan fingerprint density at radius 2 is 1.94 bits per heavy atom. The number of halogens is 1. The molecule has 2 aromatic carbocycles. The van der Waals surface area contributed by atoms with Crippen LogP contribution in [-0.2, 0) is 18.3 Å². The number of hydrogen-bond donors (Lipinski definition) is 2. The maximum Gasteiger partial charge on any atom is 0.192 e. The number of guanidine groups is 1. The van der Waals surface area contributed by atoms with Crippen LogP contribution in [0.15, 0.2) is 47.5 Å². The van der Waals surface area contributed by atoms with Gasteiger partial charge in [0.05, 0.1) is 6.04 Å². The Kier molecular flexibility index (Phi) is 10.2. The van der Waals surface area contributed by atoms with E-state index >= 15 is 0 Å². The lowest BCUT2D eigenvalue weighted by Crippen LogP contribution is -2.39. The number of benzene rings is 2. The third-order valence-electron chi connectivity index (χ3n) is 5.17. The van der Waals surface area contributed by atoms with Crippen molar-refractivity contribution >= 4 is 40.7 Å². The molecule has 2 N–H and O–H groups in total. The summed E-state index contributed by atoms with van der Waals surface area (Å²) in [5, 5.41) is 17.8. The third kappa shape index (κ3) is 6.90. The van der Waals surface area contributed by atoms with Gasteiger partial charge in [0.15, 0.2) is 11.8 Å². The van der Waals surface area contributed by atoms with Crippen molar-refractivity contribution in [1.29, 1.82) is 0 Å². The van der Waals surface area contributed by atoms with E-state index in [-0.39, 0.29) is 30.0 Å². The van der Waals surface area contributed by atoms with Crippen molar-refractivity contribution in [2.45, 2.75) is 39.8 Å². The first-order valence-corrected chi connectivity index (χ1v) is 10.5. The predicted octanol–water partition coefficient (Wildman–Crippen LogP) is 4.12. The molecule has 1 atom stereocenters. The normalized spacial score (nSPS) is 12.5. The number of ether oxygens (including phenoxy) is 1. The second kappa shape index (κ2) is 12.6. The van der Waals surface area contributed by atoms with Gasteiger partial charge in [0.1, 0.15) is 12.4 Å². The number of aryl methyl sites for hydroxylation is 1. The monoisotopic (exact) mass is 536 g/mol. The van der Waals surface area contributed by atoms with Crippen LogP contribution in [0.4, 0.5) is 0 Å². The summed E-state index contributed by atoms with van der Waals surface area (Å²) in [4.78, 5) is 4.76. The van der Waals surface area contributed by atoms with Crippen molar-refractivity contribution < 1.29 is 4.74 Å².